The minimum absolute atomic E-state index is 0.0217. The molecule has 0 saturated heterocycles. The number of halogens is 6. The number of hydrogen-bond acceptors (Lipinski definition) is 4. The van der Waals surface area contributed by atoms with Gasteiger partial charge in [0.2, 0.25) is 0 Å². The van der Waals surface area contributed by atoms with Crippen molar-refractivity contribution < 1.29 is 30.8 Å². The van der Waals surface area contributed by atoms with E-state index in [0.717, 1.165) is 6.07 Å². The number of rotatable bonds is 5. The molecule has 0 fully saturated rings. The molecule has 4 aromatic rings. The van der Waals surface area contributed by atoms with E-state index >= 15 is 0 Å². The van der Waals surface area contributed by atoms with Gasteiger partial charge in [0.15, 0.2) is 5.78 Å². The van der Waals surface area contributed by atoms with Gasteiger partial charge >= 0.3 is 6.18 Å². The summed E-state index contributed by atoms with van der Waals surface area (Å²) >= 11 is 12.1. The number of carbonyl (C=O) groups excluding carboxylic acids is 1. The van der Waals surface area contributed by atoms with Crippen molar-refractivity contribution in [3.05, 3.63) is 93.3 Å². The first-order valence-corrected chi connectivity index (χ1v) is 11.7. The minimum Gasteiger partial charge on any atom is -0.294 e. The number of hydrogen-bond donors (Lipinski definition) is 0. The molecule has 0 bridgehead atoms. The quantitative estimate of drug-likeness (QED) is 0.229. The molecule has 4 rings (SSSR count). The summed E-state index contributed by atoms with van der Waals surface area (Å²) in [6.07, 6.45) is -4.06. The average Bonchev–Trinajstić information content (AvgIpc) is 3.17. The van der Waals surface area contributed by atoms with Crippen LogP contribution in [0.25, 0.3) is 10.9 Å². The molecule has 176 valence electrons. The summed E-state index contributed by atoms with van der Waals surface area (Å²) in [6.45, 7) is 0. The topological polar surface area (TPSA) is 69.0 Å². The Morgan fingerprint density at radius 1 is 1.00 bits per heavy atom. The molecule has 1 heterocycles. The maximum atomic E-state index is 13.6. The number of nitrogens with zero attached hydrogens (tertiary/aromatic N) is 2. The predicted octanol–water partition coefficient (Wildman–Crippen LogP) is 6.16. The maximum Gasteiger partial charge on any atom is 0.419 e. The highest BCUT2D eigenvalue weighted by Crippen LogP contribution is 2.34. The van der Waals surface area contributed by atoms with Gasteiger partial charge in [-0.1, -0.05) is 41.4 Å². The van der Waals surface area contributed by atoms with E-state index in [4.69, 9.17) is 23.2 Å². The molecular weight excluding hydrogens is 519 g/mol. The van der Waals surface area contributed by atoms with Crippen LogP contribution < -0.4 is 0 Å². The first kappa shape index (κ1) is 24.2. The van der Waals surface area contributed by atoms with Gasteiger partial charge in [-0.25, -0.2) is 4.39 Å². The van der Waals surface area contributed by atoms with Gasteiger partial charge in [0.1, 0.15) is 5.82 Å². The molecule has 0 atom stereocenters. The molecule has 0 spiro atoms. The van der Waals surface area contributed by atoms with Gasteiger partial charge in [0.05, 0.1) is 37.8 Å². The molecule has 0 unspecified atom stereocenters. The summed E-state index contributed by atoms with van der Waals surface area (Å²) < 4.78 is 79.5. The van der Waals surface area contributed by atoms with Crippen LogP contribution in [-0.4, -0.2) is 23.4 Å². The lowest BCUT2D eigenvalue weighted by Crippen LogP contribution is -2.17. The van der Waals surface area contributed by atoms with E-state index in [9.17, 15) is 30.8 Å². The van der Waals surface area contributed by atoms with E-state index in [1.165, 1.54) is 30.5 Å². The molecular formula is C22H12Cl2F4N2O3S. The van der Waals surface area contributed by atoms with Gasteiger partial charge in [-0.2, -0.15) is 30.8 Å². The van der Waals surface area contributed by atoms with Gasteiger partial charge in [-0.15, -0.1) is 0 Å². The Balaban J connectivity index is 1.75. The standard InChI is InChI=1S/C22H12Cl2F4N2O3S/c23-16-2-1-3-17(24)21(16)20(31)9-12-4-5-13-11-29-30(19(13)8-12)34(32,33)14-6-7-18(25)15(10-14)22(26,27)28/h1-8,10-11H,9H2. The SMILES string of the molecule is O=C(Cc1ccc2cnn(S(=O)(=O)c3ccc(F)c(C(F)(F)F)c3)c2c1)c1c(Cl)cccc1Cl. The Kier molecular flexibility index (Phi) is 6.17. The van der Waals surface area contributed by atoms with Crippen molar-refractivity contribution in [2.75, 3.05) is 0 Å². The molecule has 1 aromatic heterocycles. The summed E-state index contributed by atoms with van der Waals surface area (Å²) in [4.78, 5) is 11.9. The van der Waals surface area contributed by atoms with Crippen molar-refractivity contribution in [2.45, 2.75) is 17.5 Å². The van der Waals surface area contributed by atoms with Crippen molar-refractivity contribution >= 4 is 49.9 Å². The molecule has 0 aliphatic carbocycles. The van der Waals surface area contributed by atoms with Crippen LogP contribution in [0.15, 0.2) is 65.7 Å². The highest BCUT2D eigenvalue weighted by molar-refractivity contribution is 7.90. The molecule has 0 radical (unpaired) electrons. The van der Waals surface area contributed by atoms with E-state index < -0.39 is 38.3 Å². The highest BCUT2D eigenvalue weighted by Gasteiger charge is 2.36. The van der Waals surface area contributed by atoms with Gasteiger partial charge in [0.25, 0.3) is 10.0 Å². The fourth-order valence-electron chi connectivity index (χ4n) is 3.36. The Bertz CT molecular complexity index is 1530. The smallest absolute Gasteiger partial charge is 0.294 e. The van der Waals surface area contributed by atoms with Crippen molar-refractivity contribution in [1.29, 1.82) is 0 Å². The Labute approximate surface area is 200 Å². The summed E-state index contributed by atoms with van der Waals surface area (Å²) in [5, 5.41) is 4.46. The summed E-state index contributed by atoms with van der Waals surface area (Å²) in [7, 11) is -4.62. The van der Waals surface area contributed by atoms with Crippen LogP contribution in [0.2, 0.25) is 10.0 Å². The maximum absolute atomic E-state index is 13.6. The zero-order valence-corrected chi connectivity index (χ0v) is 19.1. The van der Waals surface area contributed by atoms with Crippen LogP contribution in [0.5, 0.6) is 0 Å². The molecule has 0 aliphatic rings. The molecule has 34 heavy (non-hydrogen) atoms. The zero-order valence-electron chi connectivity index (χ0n) is 16.8. The summed E-state index contributed by atoms with van der Waals surface area (Å²) in [5.41, 5.74) is -1.19. The van der Waals surface area contributed by atoms with Crippen LogP contribution in [0.4, 0.5) is 17.6 Å². The van der Waals surface area contributed by atoms with Gasteiger partial charge in [0, 0.05) is 11.8 Å². The van der Waals surface area contributed by atoms with E-state index in [-0.39, 0.29) is 33.6 Å². The second-order valence-corrected chi connectivity index (χ2v) is 9.80. The van der Waals surface area contributed by atoms with Crippen molar-refractivity contribution in [2.24, 2.45) is 0 Å². The first-order valence-electron chi connectivity index (χ1n) is 9.46. The number of fused-ring (bicyclic) bond motifs is 1. The van der Waals surface area contributed by atoms with E-state index in [1.807, 2.05) is 0 Å². The highest BCUT2D eigenvalue weighted by atomic mass is 35.5. The predicted molar refractivity (Wildman–Crippen MR) is 118 cm³/mol. The largest absolute Gasteiger partial charge is 0.419 e. The Morgan fingerprint density at radius 3 is 2.32 bits per heavy atom. The van der Waals surface area contributed by atoms with Gasteiger partial charge < -0.3 is 0 Å². The lowest BCUT2D eigenvalue weighted by molar-refractivity contribution is -0.140. The minimum atomic E-state index is -5.09. The number of alkyl halides is 3. The van der Waals surface area contributed by atoms with E-state index in [0.29, 0.717) is 21.1 Å². The number of aromatic nitrogens is 2. The van der Waals surface area contributed by atoms with E-state index in [2.05, 4.69) is 5.10 Å². The molecule has 0 amide bonds. The van der Waals surface area contributed by atoms with Crippen molar-refractivity contribution in [1.82, 2.24) is 9.19 Å². The fourth-order valence-corrected chi connectivity index (χ4v) is 5.27. The molecule has 3 aromatic carbocycles. The normalized spacial score (nSPS) is 12.3. The third-order valence-electron chi connectivity index (χ3n) is 4.98. The second-order valence-electron chi connectivity index (χ2n) is 7.22. The molecule has 5 nitrogen and oxygen atoms in total. The van der Waals surface area contributed by atoms with Gasteiger partial charge in [-0.3, -0.25) is 4.79 Å². The van der Waals surface area contributed by atoms with Crippen molar-refractivity contribution in [3.8, 4) is 0 Å². The van der Waals surface area contributed by atoms with Crippen LogP contribution in [0.3, 0.4) is 0 Å². The molecule has 0 N–H and O–H groups in total. The lowest BCUT2D eigenvalue weighted by Gasteiger charge is -2.11. The third kappa shape index (κ3) is 4.40. The van der Waals surface area contributed by atoms with Crippen LogP contribution in [-0.2, 0) is 22.6 Å². The number of benzene rings is 3. The van der Waals surface area contributed by atoms with Gasteiger partial charge in [-0.05, 0) is 42.0 Å². The number of carbonyl (C=O) groups is 1. The van der Waals surface area contributed by atoms with Crippen molar-refractivity contribution in [3.63, 3.8) is 0 Å². The summed E-state index contributed by atoms with van der Waals surface area (Å²) in [6, 6.07) is 10.4. The van der Waals surface area contributed by atoms with Crippen LogP contribution in [0, 0.1) is 5.82 Å². The monoisotopic (exact) mass is 530 g/mol. The summed E-state index contributed by atoms with van der Waals surface area (Å²) in [5.74, 6) is -2.02. The lowest BCUT2D eigenvalue weighted by atomic mass is 10.0. The molecule has 12 heteroatoms. The first-order chi connectivity index (χ1) is 15.9. The molecule has 0 aliphatic heterocycles. The number of Topliss-reactive ketones (excluding diaryl/α,β-unsaturated/α-hetero) is 1. The Hall–Kier alpha value is -2.95. The van der Waals surface area contributed by atoms with E-state index in [1.54, 1.807) is 12.1 Å². The fraction of sp³-hybridized carbons (Fsp3) is 0.0909. The van der Waals surface area contributed by atoms with Crippen LogP contribution in [0.1, 0.15) is 21.5 Å². The number of ketones is 1. The Morgan fingerprint density at radius 2 is 1.68 bits per heavy atom. The molecule has 0 saturated carbocycles. The second kappa shape index (κ2) is 8.68. The van der Waals surface area contributed by atoms with Crippen LogP contribution >= 0.6 is 23.2 Å². The zero-order chi connectivity index (χ0) is 24.8. The third-order valence-corrected chi connectivity index (χ3v) is 7.20. The average molecular weight is 531 g/mol.